The van der Waals surface area contributed by atoms with E-state index in [2.05, 4.69) is 0 Å². The van der Waals surface area contributed by atoms with E-state index >= 15 is 0 Å². The summed E-state index contributed by atoms with van der Waals surface area (Å²) in [5, 5.41) is 10.6. The van der Waals surface area contributed by atoms with Gasteiger partial charge in [0.15, 0.2) is 11.5 Å². The number of nitrogens with zero attached hydrogens (tertiary/aromatic N) is 1. The summed E-state index contributed by atoms with van der Waals surface area (Å²) < 4.78 is 30.0. The second-order valence-corrected chi connectivity index (χ2v) is 7.10. The Hall–Kier alpha value is -3.16. The Morgan fingerprint density at radius 3 is 2.58 bits per heavy atom. The average Bonchev–Trinajstić information content (AvgIpc) is 3.27. The zero-order valence-corrected chi connectivity index (χ0v) is 17.4. The fourth-order valence-corrected chi connectivity index (χ4v) is 3.18. The highest BCUT2D eigenvalue weighted by atomic mass is 19.1. The molecule has 164 valence electrons. The van der Waals surface area contributed by atoms with E-state index in [1.807, 2.05) is 24.0 Å². The molecule has 0 saturated carbocycles. The van der Waals surface area contributed by atoms with Crippen LogP contribution in [0, 0.1) is 5.82 Å². The molecule has 0 radical (unpaired) electrons. The SMILES string of the molecule is CCOc1cc(C=O)ccc1OCC(O)CN(Cc1ccc(F)cc1)Cc1ccco1. The second kappa shape index (κ2) is 11.3. The number of aldehydes is 1. The smallest absolute Gasteiger partial charge is 0.161 e. The van der Waals surface area contributed by atoms with Crippen molar-refractivity contribution in [2.24, 2.45) is 0 Å². The van der Waals surface area contributed by atoms with Crippen LogP contribution in [0.2, 0.25) is 0 Å². The number of rotatable bonds is 12. The van der Waals surface area contributed by atoms with Crippen LogP contribution in [0.3, 0.4) is 0 Å². The van der Waals surface area contributed by atoms with Crippen molar-refractivity contribution in [1.82, 2.24) is 4.90 Å². The van der Waals surface area contributed by atoms with Crippen LogP contribution >= 0.6 is 0 Å². The monoisotopic (exact) mass is 427 g/mol. The fraction of sp³-hybridized carbons (Fsp3) is 0.292. The molecule has 1 heterocycles. The maximum absolute atomic E-state index is 13.2. The lowest BCUT2D eigenvalue weighted by molar-refractivity contribution is 0.0593. The molecule has 0 aliphatic heterocycles. The van der Waals surface area contributed by atoms with E-state index in [1.54, 1.807) is 36.6 Å². The Balaban J connectivity index is 1.63. The molecule has 0 bridgehead atoms. The number of carbonyl (C=O) groups excluding carboxylic acids is 1. The topological polar surface area (TPSA) is 72.1 Å². The number of furan rings is 1. The van der Waals surface area contributed by atoms with Crippen LogP contribution in [0.5, 0.6) is 11.5 Å². The van der Waals surface area contributed by atoms with Crippen LogP contribution in [0.15, 0.2) is 65.3 Å². The molecule has 1 unspecified atom stereocenters. The first-order valence-electron chi connectivity index (χ1n) is 10.1. The molecule has 31 heavy (non-hydrogen) atoms. The van der Waals surface area contributed by atoms with Crippen molar-refractivity contribution in [3.05, 3.63) is 83.6 Å². The van der Waals surface area contributed by atoms with Gasteiger partial charge in [0, 0.05) is 18.7 Å². The molecule has 3 rings (SSSR count). The van der Waals surface area contributed by atoms with Gasteiger partial charge in [0.05, 0.1) is 19.4 Å². The van der Waals surface area contributed by atoms with Crippen molar-refractivity contribution in [1.29, 1.82) is 0 Å². The van der Waals surface area contributed by atoms with E-state index in [0.29, 0.717) is 43.3 Å². The molecule has 0 spiro atoms. The summed E-state index contributed by atoms with van der Waals surface area (Å²) in [5.74, 6) is 1.39. The zero-order valence-electron chi connectivity index (χ0n) is 17.4. The molecule has 6 nitrogen and oxygen atoms in total. The zero-order chi connectivity index (χ0) is 22.1. The highest BCUT2D eigenvalue weighted by Gasteiger charge is 2.16. The van der Waals surface area contributed by atoms with Crippen LogP contribution in [0.4, 0.5) is 4.39 Å². The molecule has 7 heteroatoms. The van der Waals surface area contributed by atoms with Gasteiger partial charge in [0.1, 0.15) is 30.6 Å². The first kappa shape index (κ1) is 22.5. The minimum absolute atomic E-state index is 0.0403. The van der Waals surface area contributed by atoms with Gasteiger partial charge >= 0.3 is 0 Å². The number of halogens is 1. The first-order chi connectivity index (χ1) is 15.1. The Bertz CT molecular complexity index is 943. The summed E-state index contributed by atoms with van der Waals surface area (Å²) in [6.07, 6.45) is 1.54. The third-order valence-corrected chi connectivity index (χ3v) is 4.58. The summed E-state index contributed by atoms with van der Waals surface area (Å²) in [7, 11) is 0. The molecule has 0 fully saturated rings. The molecule has 1 aromatic heterocycles. The number of hydrogen-bond acceptors (Lipinski definition) is 6. The summed E-state index contributed by atoms with van der Waals surface area (Å²) in [6.45, 7) is 3.62. The third kappa shape index (κ3) is 6.94. The van der Waals surface area contributed by atoms with E-state index in [9.17, 15) is 14.3 Å². The molecule has 0 aliphatic carbocycles. The van der Waals surface area contributed by atoms with E-state index in [1.165, 1.54) is 12.1 Å². The van der Waals surface area contributed by atoms with Gasteiger partial charge in [0.2, 0.25) is 0 Å². The average molecular weight is 427 g/mol. The summed E-state index contributed by atoms with van der Waals surface area (Å²) >= 11 is 0. The van der Waals surface area contributed by atoms with Crippen molar-refractivity contribution < 1.29 is 28.2 Å². The maximum Gasteiger partial charge on any atom is 0.161 e. The van der Waals surface area contributed by atoms with Gasteiger partial charge in [-0.25, -0.2) is 4.39 Å². The number of aliphatic hydroxyl groups excluding tert-OH is 1. The molecule has 0 aliphatic rings. The molecule has 0 amide bonds. The quantitative estimate of drug-likeness (QED) is 0.439. The van der Waals surface area contributed by atoms with E-state index in [4.69, 9.17) is 13.9 Å². The van der Waals surface area contributed by atoms with Gasteiger partial charge in [0.25, 0.3) is 0 Å². The molecule has 2 aromatic carbocycles. The number of carbonyl (C=O) groups is 1. The van der Waals surface area contributed by atoms with Crippen molar-refractivity contribution in [2.75, 3.05) is 19.8 Å². The highest BCUT2D eigenvalue weighted by Crippen LogP contribution is 2.28. The van der Waals surface area contributed by atoms with Gasteiger partial charge in [-0.2, -0.15) is 0 Å². The van der Waals surface area contributed by atoms with Crippen molar-refractivity contribution in [3.8, 4) is 11.5 Å². The Kier molecular flexibility index (Phi) is 8.20. The normalized spacial score (nSPS) is 12.0. The van der Waals surface area contributed by atoms with Gasteiger partial charge in [-0.1, -0.05) is 12.1 Å². The van der Waals surface area contributed by atoms with Gasteiger partial charge in [-0.15, -0.1) is 0 Å². The lowest BCUT2D eigenvalue weighted by Gasteiger charge is -2.24. The minimum Gasteiger partial charge on any atom is -0.490 e. The van der Waals surface area contributed by atoms with E-state index in [-0.39, 0.29) is 12.4 Å². The standard InChI is InChI=1S/C24H26FNO5/c1-2-29-24-12-19(16-27)7-10-23(24)31-17-21(28)14-26(15-22-4-3-11-30-22)13-18-5-8-20(25)9-6-18/h3-12,16,21,28H,2,13-15,17H2,1H3. The van der Waals surface area contributed by atoms with Gasteiger partial charge in [-0.05, 0) is 55.0 Å². The van der Waals surface area contributed by atoms with Crippen LogP contribution < -0.4 is 9.47 Å². The predicted octanol–water partition coefficient (Wildman–Crippen LogP) is 4.07. The maximum atomic E-state index is 13.2. The first-order valence-corrected chi connectivity index (χ1v) is 10.1. The van der Waals surface area contributed by atoms with E-state index in [0.717, 1.165) is 17.6 Å². The van der Waals surface area contributed by atoms with Crippen molar-refractivity contribution >= 4 is 6.29 Å². The predicted molar refractivity (Wildman–Crippen MR) is 114 cm³/mol. The number of hydrogen-bond donors (Lipinski definition) is 1. The molecule has 1 N–H and O–H groups in total. The Labute approximate surface area is 180 Å². The lowest BCUT2D eigenvalue weighted by Crippen LogP contribution is -2.35. The van der Waals surface area contributed by atoms with Crippen molar-refractivity contribution in [3.63, 3.8) is 0 Å². The van der Waals surface area contributed by atoms with Crippen LogP contribution in [-0.2, 0) is 13.1 Å². The lowest BCUT2D eigenvalue weighted by atomic mass is 10.2. The number of benzene rings is 2. The fourth-order valence-electron chi connectivity index (χ4n) is 3.18. The molecule has 1 atom stereocenters. The molecule has 0 saturated heterocycles. The van der Waals surface area contributed by atoms with Gasteiger partial charge in [-0.3, -0.25) is 9.69 Å². The highest BCUT2D eigenvalue weighted by molar-refractivity contribution is 5.76. The summed E-state index contributed by atoms with van der Waals surface area (Å²) in [4.78, 5) is 13.0. The Morgan fingerprint density at radius 2 is 1.90 bits per heavy atom. The third-order valence-electron chi connectivity index (χ3n) is 4.58. The molecular formula is C24H26FNO5. The minimum atomic E-state index is -0.796. The Morgan fingerprint density at radius 1 is 1.10 bits per heavy atom. The number of aliphatic hydroxyl groups is 1. The van der Waals surface area contributed by atoms with Crippen LogP contribution in [0.1, 0.15) is 28.6 Å². The van der Waals surface area contributed by atoms with Crippen LogP contribution in [0.25, 0.3) is 0 Å². The van der Waals surface area contributed by atoms with Crippen LogP contribution in [-0.4, -0.2) is 42.2 Å². The van der Waals surface area contributed by atoms with Crippen molar-refractivity contribution in [2.45, 2.75) is 26.1 Å². The molecular weight excluding hydrogens is 401 g/mol. The van der Waals surface area contributed by atoms with E-state index < -0.39 is 6.10 Å². The largest absolute Gasteiger partial charge is 0.490 e. The summed E-state index contributed by atoms with van der Waals surface area (Å²) in [5.41, 5.74) is 1.41. The number of ether oxygens (including phenoxy) is 2. The van der Waals surface area contributed by atoms with Gasteiger partial charge < -0.3 is 19.0 Å². The summed E-state index contributed by atoms with van der Waals surface area (Å²) in [6, 6.07) is 14.8. The second-order valence-electron chi connectivity index (χ2n) is 7.10. The molecule has 3 aromatic rings.